The van der Waals surface area contributed by atoms with Crippen LogP contribution in [0.15, 0.2) is 5.38 Å². The average molecular weight is 182 g/mol. The number of hydrogen-bond donors (Lipinski definition) is 0. The maximum absolute atomic E-state index is 11.2. The lowest BCUT2D eigenvalue weighted by Gasteiger charge is -1.97. The normalized spacial score (nSPS) is 14.4. The molecule has 0 fully saturated rings. The molecule has 0 aromatic carbocycles. The van der Waals surface area contributed by atoms with Crippen LogP contribution in [0.1, 0.15) is 27.2 Å². The van der Waals surface area contributed by atoms with Gasteiger partial charge in [-0.3, -0.25) is 0 Å². The number of aryl methyl sites for hydroxylation is 1. The molecule has 2 rings (SSSR count). The number of esters is 1. The second-order valence-electron chi connectivity index (χ2n) is 2.90. The fraction of sp³-hybridized carbons (Fsp3) is 0.444. The van der Waals surface area contributed by atoms with Gasteiger partial charge in [-0.1, -0.05) is 0 Å². The molecule has 0 unspecified atom stereocenters. The predicted octanol–water partition coefficient (Wildman–Crippen LogP) is 2.02. The Labute approximate surface area is 75.2 Å². The Morgan fingerprint density at radius 2 is 2.42 bits per heavy atom. The Kier molecular flexibility index (Phi) is 1.89. The average Bonchev–Trinajstić information content (AvgIpc) is 2.62. The van der Waals surface area contributed by atoms with Crippen LogP contribution in [0.2, 0.25) is 0 Å². The molecule has 64 valence electrons. The quantitative estimate of drug-likeness (QED) is 0.621. The molecule has 0 radical (unpaired) electrons. The summed E-state index contributed by atoms with van der Waals surface area (Å²) >= 11 is 1.68. The zero-order valence-electron chi connectivity index (χ0n) is 6.92. The molecule has 0 bridgehead atoms. The summed E-state index contributed by atoms with van der Waals surface area (Å²) in [4.78, 5) is 12.6. The van der Waals surface area contributed by atoms with Gasteiger partial charge in [0.05, 0.1) is 12.7 Å². The van der Waals surface area contributed by atoms with Gasteiger partial charge in [0.25, 0.3) is 0 Å². The van der Waals surface area contributed by atoms with Crippen LogP contribution in [0.3, 0.4) is 0 Å². The van der Waals surface area contributed by atoms with E-state index in [2.05, 4.69) is 4.74 Å². The Morgan fingerprint density at radius 3 is 3.17 bits per heavy atom. The standard InChI is InChI=1S/C9H10O2S/c1-11-9(10)7-5-12-8-4-2-3-6(7)8/h5H,2-4H2,1H3. The topological polar surface area (TPSA) is 26.3 Å². The Hall–Kier alpha value is -0.830. The lowest BCUT2D eigenvalue weighted by atomic mass is 10.1. The molecular formula is C9H10O2S. The summed E-state index contributed by atoms with van der Waals surface area (Å²) in [5.74, 6) is -0.186. The molecule has 2 nitrogen and oxygen atoms in total. The van der Waals surface area contributed by atoms with Gasteiger partial charge in [0.1, 0.15) is 0 Å². The molecule has 0 saturated heterocycles. The first-order valence-corrected chi connectivity index (χ1v) is 4.88. The van der Waals surface area contributed by atoms with Crippen molar-refractivity contribution >= 4 is 17.3 Å². The second kappa shape index (κ2) is 2.90. The maximum atomic E-state index is 11.2. The molecule has 1 heterocycles. The molecule has 0 amide bonds. The number of hydrogen-bond acceptors (Lipinski definition) is 3. The summed E-state index contributed by atoms with van der Waals surface area (Å²) in [7, 11) is 1.43. The predicted molar refractivity (Wildman–Crippen MR) is 47.7 cm³/mol. The number of carbonyl (C=O) groups excluding carboxylic acids is 1. The highest BCUT2D eigenvalue weighted by atomic mass is 32.1. The lowest BCUT2D eigenvalue weighted by molar-refractivity contribution is 0.0600. The molecule has 1 aromatic rings. The van der Waals surface area contributed by atoms with Crippen molar-refractivity contribution in [3.8, 4) is 0 Å². The van der Waals surface area contributed by atoms with E-state index in [1.807, 2.05) is 5.38 Å². The molecule has 0 saturated carbocycles. The Morgan fingerprint density at radius 1 is 1.58 bits per heavy atom. The van der Waals surface area contributed by atoms with Crippen molar-refractivity contribution in [3.05, 3.63) is 21.4 Å². The summed E-state index contributed by atoms with van der Waals surface area (Å²) in [6.45, 7) is 0. The minimum Gasteiger partial charge on any atom is -0.465 e. The van der Waals surface area contributed by atoms with Crippen molar-refractivity contribution in [2.24, 2.45) is 0 Å². The highest BCUT2D eigenvalue weighted by Gasteiger charge is 2.21. The van der Waals surface area contributed by atoms with E-state index in [0.29, 0.717) is 0 Å². The molecular weight excluding hydrogens is 172 g/mol. The zero-order valence-corrected chi connectivity index (χ0v) is 7.74. The lowest BCUT2D eigenvalue weighted by Crippen LogP contribution is -2.01. The summed E-state index contributed by atoms with van der Waals surface area (Å²) < 4.78 is 4.69. The Balaban J connectivity index is 2.39. The summed E-state index contributed by atoms with van der Waals surface area (Å²) in [5.41, 5.74) is 2.02. The van der Waals surface area contributed by atoms with Crippen molar-refractivity contribution in [2.75, 3.05) is 7.11 Å². The molecule has 0 N–H and O–H groups in total. The minimum atomic E-state index is -0.186. The third-order valence-corrected chi connectivity index (χ3v) is 3.31. The molecule has 0 aliphatic heterocycles. The largest absolute Gasteiger partial charge is 0.465 e. The summed E-state index contributed by atoms with van der Waals surface area (Å²) in [6.07, 6.45) is 3.37. The third kappa shape index (κ3) is 1.05. The fourth-order valence-electron chi connectivity index (χ4n) is 1.61. The molecule has 0 spiro atoms. The van der Waals surface area contributed by atoms with Crippen molar-refractivity contribution in [1.82, 2.24) is 0 Å². The van der Waals surface area contributed by atoms with Gasteiger partial charge in [0, 0.05) is 10.3 Å². The maximum Gasteiger partial charge on any atom is 0.338 e. The van der Waals surface area contributed by atoms with Gasteiger partial charge in [-0.15, -0.1) is 11.3 Å². The molecule has 1 aromatic heterocycles. The number of methoxy groups -OCH3 is 1. The van der Waals surface area contributed by atoms with Gasteiger partial charge in [-0.25, -0.2) is 4.79 Å². The highest BCUT2D eigenvalue weighted by molar-refractivity contribution is 7.10. The van der Waals surface area contributed by atoms with Crippen LogP contribution in [-0.4, -0.2) is 13.1 Å². The van der Waals surface area contributed by atoms with E-state index in [1.54, 1.807) is 11.3 Å². The molecule has 12 heavy (non-hydrogen) atoms. The van der Waals surface area contributed by atoms with Crippen LogP contribution in [0.5, 0.6) is 0 Å². The van der Waals surface area contributed by atoms with Crippen molar-refractivity contribution in [1.29, 1.82) is 0 Å². The molecule has 3 heteroatoms. The second-order valence-corrected chi connectivity index (χ2v) is 3.86. The van der Waals surface area contributed by atoms with Crippen LogP contribution >= 0.6 is 11.3 Å². The third-order valence-electron chi connectivity index (χ3n) is 2.22. The van der Waals surface area contributed by atoms with Gasteiger partial charge < -0.3 is 4.74 Å². The SMILES string of the molecule is COC(=O)c1csc2c1CCC2. The van der Waals surface area contributed by atoms with Crippen molar-refractivity contribution < 1.29 is 9.53 Å². The number of ether oxygens (including phenoxy) is 1. The van der Waals surface area contributed by atoms with Crippen molar-refractivity contribution in [3.63, 3.8) is 0 Å². The first-order chi connectivity index (χ1) is 5.83. The minimum absolute atomic E-state index is 0.186. The zero-order chi connectivity index (χ0) is 8.55. The van der Waals surface area contributed by atoms with E-state index in [9.17, 15) is 4.79 Å². The molecule has 1 aliphatic carbocycles. The first kappa shape index (κ1) is 7.80. The smallest absolute Gasteiger partial charge is 0.338 e. The van der Waals surface area contributed by atoms with Gasteiger partial charge in [-0.2, -0.15) is 0 Å². The molecule has 0 atom stereocenters. The number of rotatable bonds is 1. The van der Waals surface area contributed by atoms with E-state index in [1.165, 1.54) is 24.0 Å². The van der Waals surface area contributed by atoms with E-state index in [-0.39, 0.29) is 5.97 Å². The van der Waals surface area contributed by atoms with Crippen LogP contribution in [0, 0.1) is 0 Å². The van der Waals surface area contributed by atoms with Crippen LogP contribution < -0.4 is 0 Å². The van der Waals surface area contributed by atoms with Gasteiger partial charge >= 0.3 is 5.97 Å². The monoisotopic (exact) mass is 182 g/mol. The number of carbonyl (C=O) groups is 1. The van der Waals surface area contributed by atoms with Crippen LogP contribution in [-0.2, 0) is 17.6 Å². The van der Waals surface area contributed by atoms with E-state index in [0.717, 1.165) is 18.4 Å². The molecule has 1 aliphatic rings. The van der Waals surface area contributed by atoms with Crippen LogP contribution in [0.25, 0.3) is 0 Å². The summed E-state index contributed by atoms with van der Waals surface area (Å²) in [6, 6.07) is 0. The van der Waals surface area contributed by atoms with Gasteiger partial charge in [0.2, 0.25) is 0 Å². The van der Waals surface area contributed by atoms with E-state index >= 15 is 0 Å². The summed E-state index contributed by atoms with van der Waals surface area (Å²) in [5, 5.41) is 1.91. The van der Waals surface area contributed by atoms with E-state index in [4.69, 9.17) is 0 Å². The number of fused-ring (bicyclic) bond motifs is 1. The highest BCUT2D eigenvalue weighted by Crippen LogP contribution is 2.31. The van der Waals surface area contributed by atoms with Crippen molar-refractivity contribution in [2.45, 2.75) is 19.3 Å². The first-order valence-electron chi connectivity index (χ1n) is 4.00. The fourth-order valence-corrected chi connectivity index (χ4v) is 2.73. The van der Waals surface area contributed by atoms with Crippen LogP contribution in [0.4, 0.5) is 0 Å². The van der Waals surface area contributed by atoms with Gasteiger partial charge in [-0.05, 0) is 24.8 Å². The number of thiophene rings is 1. The van der Waals surface area contributed by atoms with E-state index < -0.39 is 0 Å². The Bertz CT molecular complexity index is 314. The van der Waals surface area contributed by atoms with Gasteiger partial charge in [0.15, 0.2) is 0 Å².